The molecule has 32 heavy (non-hydrogen) atoms. The van der Waals surface area contributed by atoms with E-state index in [1.807, 2.05) is 35.2 Å². The van der Waals surface area contributed by atoms with E-state index < -0.39 is 0 Å². The third-order valence-corrected chi connectivity index (χ3v) is 5.58. The molecule has 3 heterocycles. The molecule has 0 bridgehead atoms. The Balaban J connectivity index is 1.29. The van der Waals surface area contributed by atoms with Gasteiger partial charge in [-0.3, -0.25) is 4.79 Å². The summed E-state index contributed by atoms with van der Waals surface area (Å²) in [6, 6.07) is 16.8. The monoisotopic (exact) mass is 430 g/mol. The molecule has 1 unspecified atom stereocenters. The van der Waals surface area contributed by atoms with Gasteiger partial charge in [-0.15, -0.1) is 5.10 Å². The van der Waals surface area contributed by atoms with E-state index in [4.69, 9.17) is 9.26 Å². The largest absolute Gasteiger partial charge is 0.497 e. The summed E-state index contributed by atoms with van der Waals surface area (Å²) in [6.45, 7) is 1.28. The van der Waals surface area contributed by atoms with Gasteiger partial charge in [0.1, 0.15) is 5.75 Å². The summed E-state index contributed by atoms with van der Waals surface area (Å²) in [7, 11) is 1.61. The number of rotatable bonds is 5. The van der Waals surface area contributed by atoms with Crippen LogP contribution in [0.3, 0.4) is 0 Å². The number of carbonyl (C=O) groups excluding carboxylic acids is 1. The molecule has 0 radical (unpaired) electrons. The summed E-state index contributed by atoms with van der Waals surface area (Å²) in [5, 5.41) is 12.5. The number of likely N-dealkylation sites (tertiary alicyclic amines) is 1. The van der Waals surface area contributed by atoms with Gasteiger partial charge < -0.3 is 14.2 Å². The summed E-state index contributed by atoms with van der Waals surface area (Å²) in [5.74, 6) is 1.55. The van der Waals surface area contributed by atoms with E-state index in [1.54, 1.807) is 42.3 Å². The van der Waals surface area contributed by atoms with Crippen LogP contribution in [0, 0.1) is 0 Å². The molecular formula is C23H22N6O3. The maximum absolute atomic E-state index is 12.9. The lowest BCUT2D eigenvalue weighted by molar-refractivity contribution is 0.0672. The van der Waals surface area contributed by atoms with Crippen molar-refractivity contribution in [1.82, 2.24) is 30.0 Å². The molecule has 5 rings (SSSR count). The molecule has 0 spiro atoms. The molecule has 4 aromatic rings. The Labute approximate surface area is 184 Å². The molecule has 0 N–H and O–H groups in total. The highest BCUT2D eigenvalue weighted by molar-refractivity contribution is 5.94. The Morgan fingerprint density at radius 1 is 1.12 bits per heavy atom. The van der Waals surface area contributed by atoms with Gasteiger partial charge in [-0.1, -0.05) is 40.7 Å². The molecule has 162 valence electrons. The smallest absolute Gasteiger partial charge is 0.280 e. The van der Waals surface area contributed by atoms with Crippen molar-refractivity contribution in [3.05, 3.63) is 66.4 Å². The molecule has 1 atom stereocenters. The predicted molar refractivity (Wildman–Crippen MR) is 116 cm³/mol. The molecule has 1 fully saturated rings. The number of carbonyl (C=O) groups is 1. The summed E-state index contributed by atoms with van der Waals surface area (Å²) in [6.07, 6.45) is 3.60. The normalized spacial score (nSPS) is 16.2. The van der Waals surface area contributed by atoms with Gasteiger partial charge >= 0.3 is 0 Å². The second-order valence-corrected chi connectivity index (χ2v) is 7.65. The predicted octanol–water partition coefficient (Wildman–Crippen LogP) is 3.48. The zero-order valence-electron chi connectivity index (χ0n) is 17.6. The molecule has 0 aliphatic carbocycles. The number of hydrogen-bond donors (Lipinski definition) is 0. The molecule has 2 aromatic heterocycles. The second-order valence-electron chi connectivity index (χ2n) is 7.65. The topological polar surface area (TPSA) is 99.2 Å². The zero-order valence-corrected chi connectivity index (χ0v) is 17.6. The van der Waals surface area contributed by atoms with Crippen molar-refractivity contribution in [1.29, 1.82) is 0 Å². The second kappa shape index (κ2) is 8.62. The summed E-state index contributed by atoms with van der Waals surface area (Å²) in [5.41, 5.74) is 2.03. The number of methoxy groups -OCH3 is 1. The van der Waals surface area contributed by atoms with E-state index in [-0.39, 0.29) is 11.9 Å². The van der Waals surface area contributed by atoms with Gasteiger partial charge in [-0.25, -0.2) is 4.68 Å². The number of hydrogen-bond acceptors (Lipinski definition) is 7. The first-order valence-corrected chi connectivity index (χ1v) is 10.5. The Hall–Kier alpha value is -4.01. The molecule has 1 saturated heterocycles. The van der Waals surface area contributed by atoms with E-state index in [2.05, 4.69) is 20.5 Å². The quantitative estimate of drug-likeness (QED) is 0.478. The van der Waals surface area contributed by atoms with Crippen LogP contribution in [-0.2, 0) is 0 Å². The maximum Gasteiger partial charge on any atom is 0.280 e. The number of piperidine rings is 1. The zero-order chi connectivity index (χ0) is 21.9. The fourth-order valence-electron chi connectivity index (χ4n) is 3.86. The van der Waals surface area contributed by atoms with Gasteiger partial charge in [-0.2, -0.15) is 4.98 Å². The molecule has 2 aromatic carbocycles. The van der Waals surface area contributed by atoms with Crippen LogP contribution in [0.4, 0.5) is 0 Å². The van der Waals surface area contributed by atoms with Gasteiger partial charge in [0.25, 0.3) is 11.8 Å². The van der Waals surface area contributed by atoms with E-state index in [0.29, 0.717) is 36.1 Å². The van der Waals surface area contributed by atoms with Crippen molar-refractivity contribution >= 4 is 5.91 Å². The van der Waals surface area contributed by atoms with Crippen molar-refractivity contribution < 1.29 is 14.1 Å². The van der Waals surface area contributed by atoms with Crippen LogP contribution in [0.25, 0.3) is 23.0 Å². The minimum atomic E-state index is 0.00194. The number of ether oxygens (including phenoxy) is 1. The molecule has 1 amide bonds. The first-order valence-electron chi connectivity index (χ1n) is 10.5. The number of amides is 1. The fourth-order valence-corrected chi connectivity index (χ4v) is 3.86. The highest BCUT2D eigenvalue weighted by Gasteiger charge is 2.27. The summed E-state index contributed by atoms with van der Waals surface area (Å²) in [4.78, 5) is 19.2. The van der Waals surface area contributed by atoms with Crippen molar-refractivity contribution in [2.45, 2.75) is 18.9 Å². The average Bonchev–Trinajstić information content (AvgIpc) is 3.54. The first kappa shape index (κ1) is 19.9. The first-order chi connectivity index (χ1) is 15.7. The molecule has 9 heteroatoms. The van der Waals surface area contributed by atoms with Crippen LogP contribution in [0.2, 0.25) is 0 Å². The number of benzene rings is 2. The van der Waals surface area contributed by atoms with Gasteiger partial charge in [0.2, 0.25) is 5.82 Å². The molecule has 1 aliphatic heterocycles. The Kier molecular flexibility index (Phi) is 5.37. The lowest BCUT2D eigenvalue weighted by atomic mass is 10.0. The maximum atomic E-state index is 12.9. The lowest BCUT2D eigenvalue weighted by Gasteiger charge is -2.32. The Morgan fingerprint density at radius 2 is 1.94 bits per heavy atom. The van der Waals surface area contributed by atoms with Crippen LogP contribution >= 0.6 is 0 Å². The average molecular weight is 430 g/mol. The lowest BCUT2D eigenvalue weighted by Crippen LogP contribution is -2.40. The van der Waals surface area contributed by atoms with Crippen molar-refractivity contribution in [3.63, 3.8) is 0 Å². The van der Waals surface area contributed by atoms with Crippen molar-refractivity contribution in [2.24, 2.45) is 0 Å². The highest BCUT2D eigenvalue weighted by atomic mass is 16.5. The van der Waals surface area contributed by atoms with Gasteiger partial charge in [0, 0.05) is 24.2 Å². The highest BCUT2D eigenvalue weighted by Crippen LogP contribution is 2.25. The number of nitrogens with zero attached hydrogens (tertiary/aromatic N) is 6. The summed E-state index contributed by atoms with van der Waals surface area (Å²) < 4.78 is 12.4. The standard InChI is InChI=1S/C23H22N6O3/c1-31-19-11-9-17(10-12-19)23(30)28-13-5-8-18(14-28)29-15-20(25-27-29)22-24-21(26-32-22)16-6-3-2-4-7-16/h2-4,6-7,9-12,15,18H,5,8,13-14H2,1H3. The third-order valence-electron chi connectivity index (χ3n) is 5.58. The van der Waals surface area contributed by atoms with E-state index in [9.17, 15) is 4.79 Å². The summed E-state index contributed by atoms with van der Waals surface area (Å²) >= 11 is 0. The molecule has 1 aliphatic rings. The van der Waals surface area contributed by atoms with Gasteiger partial charge in [-0.05, 0) is 37.1 Å². The van der Waals surface area contributed by atoms with E-state index in [1.165, 1.54) is 0 Å². The van der Waals surface area contributed by atoms with Gasteiger partial charge in [0.15, 0.2) is 5.69 Å². The van der Waals surface area contributed by atoms with Crippen LogP contribution in [0.5, 0.6) is 5.75 Å². The molecular weight excluding hydrogens is 408 g/mol. The minimum absolute atomic E-state index is 0.00194. The van der Waals surface area contributed by atoms with Crippen LogP contribution in [0.15, 0.2) is 65.3 Å². The van der Waals surface area contributed by atoms with Crippen LogP contribution in [-0.4, -0.2) is 56.1 Å². The van der Waals surface area contributed by atoms with Crippen molar-refractivity contribution in [2.75, 3.05) is 20.2 Å². The Bertz CT molecular complexity index is 1200. The van der Waals surface area contributed by atoms with Crippen LogP contribution < -0.4 is 4.74 Å². The third kappa shape index (κ3) is 3.96. The minimum Gasteiger partial charge on any atom is -0.497 e. The van der Waals surface area contributed by atoms with E-state index in [0.717, 1.165) is 24.2 Å². The van der Waals surface area contributed by atoms with Gasteiger partial charge in [0.05, 0.1) is 19.3 Å². The van der Waals surface area contributed by atoms with E-state index >= 15 is 0 Å². The SMILES string of the molecule is COc1ccc(C(=O)N2CCCC(n3cc(-c4nc(-c5ccccc5)no4)nn3)C2)cc1. The number of aromatic nitrogens is 5. The Morgan fingerprint density at radius 3 is 2.72 bits per heavy atom. The molecule has 9 nitrogen and oxygen atoms in total. The van der Waals surface area contributed by atoms with Crippen molar-refractivity contribution in [3.8, 4) is 28.7 Å². The van der Waals surface area contributed by atoms with Crippen LogP contribution in [0.1, 0.15) is 29.2 Å². The molecule has 0 saturated carbocycles. The fraction of sp³-hybridized carbons (Fsp3) is 0.261.